The van der Waals surface area contributed by atoms with Gasteiger partial charge < -0.3 is 4.74 Å². The number of rotatable bonds is 1. The van der Waals surface area contributed by atoms with Crippen molar-refractivity contribution in [3.05, 3.63) is 12.5 Å². The Labute approximate surface area is 48.0 Å². The number of ether oxygens (including phenoxy) is 1. The van der Waals surface area contributed by atoms with E-state index in [1.165, 1.54) is 0 Å². The van der Waals surface area contributed by atoms with Gasteiger partial charge in [-0.15, -0.1) is 5.10 Å². The van der Waals surface area contributed by atoms with Crippen LogP contribution in [0.3, 0.4) is 0 Å². The van der Waals surface area contributed by atoms with Crippen LogP contribution in [0.15, 0.2) is 17.6 Å². The van der Waals surface area contributed by atoms with E-state index in [1.54, 1.807) is 12.5 Å². The maximum absolute atomic E-state index is 4.93. The van der Waals surface area contributed by atoms with Crippen LogP contribution in [0.4, 0.5) is 0 Å². The Morgan fingerprint density at radius 3 is 3.12 bits per heavy atom. The molecule has 3 heteroatoms. The first kappa shape index (κ1) is 5.15. The molecule has 0 saturated carbocycles. The lowest BCUT2D eigenvalue weighted by Crippen LogP contribution is -2.09. The minimum absolute atomic E-state index is 0.729. The summed E-state index contributed by atoms with van der Waals surface area (Å²) in [5, 5.41) is 3.81. The molecule has 0 atom stereocenters. The molecule has 44 valence electrons. The quantitative estimate of drug-likeness (QED) is 0.544. The molecule has 0 aromatic rings. The van der Waals surface area contributed by atoms with E-state index >= 15 is 0 Å². The minimum atomic E-state index is 0.729. The van der Waals surface area contributed by atoms with Gasteiger partial charge in [-0.25, -0.2) is 0 Å². The maximum Gasteiger partial charge on any atom is 0.211 e. The Bertz CT molecular complexity index is 128. The van der Waals surface area contributed by atoms with Crippen LogP contribution in [0.1, 0.15) is 13.3 Å². The number of hydrogen-bond donors (Lipinski definition) is 1. The molecule has 3 nitrogen and oxygen atoms in total. The first-order valence-electron chi connectivity index (χ1n) is 2.57. The van der Waals surface area contributed by atoms with Crippen molar-refractivity contribution in [2.45, 2.75) is 13.3 Å². The summed E-state index contributed by atoms with van der Waals surface area (Å²) in [7, 11) is 0. The van der Waals surface area contributed by atoms with Gasteiger partial charge >= 0.3 is 0 Å². The highest BCUT2D eigenvalue weighted by molar-refractivity contribution is 5.76. The molecular weight excluding hydrogens is 104 g/mol. The summed E-state index contributed by atoms with van der Waals surface area (Å²) in [4.78, 5) is 0. The van der Waals surface area contributed by atoms with E-state index in [2.05, 4.69) is 10.5 Å². The fourth-order valence-corrected chi connectivity index (χ4v) is 0.441. The van der Waals surface area contributed by atoms with Crippen LogP contribution in [0.25, 0.3) is 0 Å². The van der Waals surface area contributed by atoms with E-state index in [1.807, 2.05) is 6.92 Å². The summed E-state index contributed by atoms with van der Waals surface area (Å²) in [5.74, 6) is 0.729. The van der Waals surface area contributed by atoms with Crippen molar-refractivity contribution in [3.8, 4) is 0 Å². The fourth-order valence-electron chi connectivity index (χ4n) is 0.441. The number of nitrogens with zero attached hydrogens (tertiary/aromatic N) is 1. The summed E-state index contributed by atoms with van der Waals surface area (Å²) in [5.41, 5.74) is 2.67. The van der Waals surface area contributed by atoms with Gasteiger partial charge in [0.2, 0.25) is 5.90 Å². The number of hydrogen-bond acceptors (Lipinski definition) is 3. The van der Waals surface area contributed by atoms with Crippen LogP contribution >= 0.6 is 0 Å². The molecule has 0 saturated heterocycles. The summed E-state index contributed by atoms with van der Waals surface area (Å²) < 4.78 is 4.93. The Morgan fingerprint density at radius 1 is 1.88 bits per heavy atom. The predicted octanol–water partition coefficient (Wildman–Crippen LogP) is 0.801. The number of hydrazone groups is 1. The lowest BCUT2D eigenvalue weighted by atomic mass is 10.5. The second-order valence-electron chi connectivity index (χ2n) is 1.41. The van der Waals surface area contributed by atoms with Crippen molar-refractivity contribution in [1.82, 2.24) is 5.43 Å². The second kappa shape index (κ2) is 2.35. The average molecular weight is 112 g/mol. The molecule has 1 heterocycles. The van der Waals surface area contributed by atoms with Crippen molar-refractivity contribution >= 4 is 5.90 Å². The van der Waals surface area contributed by atoms with Crippen LogP contribution in [0.2, 0.25) is 0 Å². The van der Waals surface area contributed by atoms with Crippen LogP contribution in [0, 0.1) is 0 Å². The van der Waals surface area contributed by atoms with Gasteiger partial charge in [0.15, 0.2) is 0 Å². The third-order valence-electron chi connectivity index (χ3n) is 0.838. The lowest BCUT2D eigenvalue weighted by Gasteiger charge is -2.04. The Kier molecular flexibility index (Phi) is 1.51. The molecule has 0 aliphatic carbocycles. The molecule has 0 fully saturated rings. The molecule has 0 aromatic carbocycles. The summed E-state index contributed by atoms with van der Waals surface area (Å²) >= 11 is 0. The topological polar surface area (TPSA) is 33.6 Å². The van der Waals surface area contributed by atoms with Crippen molar-refractivity contribution in [2.75, 3.05) is 0 Å². The Hall–Kier alpha value is -0.990. The minimum Gasteiger partial charge on any atom is -0.447 e. The van der Waals surface area contributed by atoms with Gasteiger partial charge in [0.1, 0.15) is 6.26 Å². The van der Waals surface area contributed by atoms with E-state index in [4.69, 9.17) is 4.74 Å². The highest BCUT2D eigenvalue weighted by atomic mass is 16.5. The van der Waals surface area contributed by atoms with Gasteiger partial charge in [0, 0.05) is 6.42 Å². The fraction of sp³-hybridized carbons (Fsp3) is 0.400. The third kappa shape index (κ3) is 0.992. The Morgan fingerprint density at radius 2 is 2.75 bits per heavy atom. The molecule has 8 heavy (non-hydrogen) atoms. The molecule has 0 spiro atoms. The first-order chi connectivity index (χ1) is 3.93. The van der Waals surface area contributed by atoms with E-state index in [9.17, 15) is 0 Å². The van der Waals surface area contributed by atoms with Crippen molar-refractivity contribution in [3.63, 3.8) is 0 Å². The molecule has 0 bridgehead atoms. The third-order valence-corrected chi connectivity index (χ3v) is 0.838. The van der Waals surface area contributed by atoms with Crippen molar-refractivity contribution in [1.29, 1.82) is 0 Å². The summed E-state index contributed by atoms with van der Waals surface area (Å²) in [6.07, 6.45) is 4.04. The lowest BCUT2D eigenvalue weighted by molar-refractivity contribution is 0.436. The van der Waals surface area contributed by atoms with Crippen molar-refractivity contribution < 1.29 is 4.74 Å². The zero-order valence-electron chi connectivity index (χ0n) is 4.72. The molecule has 1 aliphatic rings. The standard InChI is InChI=1S/C5H8N2O/c1-2-5-7-6-3-4-8-5/h3-4,6H,2H2,1H3. The van der Waals surface area contributed by atoms with Gasteiger partial charge in [0.05, 0.1) is 6.20 Å². The Balaban J connectivity index is 2.43. The molecule has 1 aliphatic heterocycles. The monoisotopic (exact) mass is 112 g/mol. The zero-order valence-corrected chi connectivity index (χ0v) is 4.72. The normalized spacial score (nSPS) is 16.4. The van der Waals surface area contributed by atoms with E-state index in [0.29, 0.717) is 0 Å². The largest absolute Gasteiger partial charge is 0.447 e. The van der Waals surface area contributed by atoms with Crippen LogP contribution < -0.4 is 5.43 Å². The highest BCUT2D eigenvalue weighted by Gasteiger charge is 1.94. The van der Waals surface area contributed by atoms with Crippen LogP contribution in [0.5, 0.6) is 0 Å². The van der Waals surface area contributed by atoms with Crippen LogP contribution in [-0.2, 0) is 4.74 Å². The molecule has 1 N–H and O–H groups in total. The first-order valence-corrected chi connectivity index (χ1v) is 2.57. The smallest absolute Gasteiger partial charge is 0.211 e. The van der Waals surface area contributed by atoms with Gasteiger partial charge in [-0.3, -0.25) is 5.43 Å². The summed E-state index contributed by atoms with van der Waals surface area (Å²) in [6, 6.07) is 0. The zero-order chi connectivity index (χ0) is 5.82. The molecule has 0 radical (unpaired) electrons. The average Bonchev–Trinajstić information content (AvgIpc) is 1.90. The van der Waals surface area contributed by atoms with Gasteiger partial charge in [-0.1, -0.05) is 6.92 Å². The highest BCUT2D eigenvalue weighted by Crippen LogP contribution is 1.91. The maximum atomic E-state index is 4.93. The van der Waals surface area contributed by atoms with E-state index in [0.717, 1.165) is 12.3 Å². The van der Waals surface area contributed by atoms with Gasteiger partial charge in [-0.05, 0) is 0 Å². The summed E-state index contributed by atoms with van der Waals surface area (Å²) in [6.45, 7) is 1.99. The van der Waals surface area contributed by atoms with Gasteiger partial charge in [-0.2, -0.15) is 0 Å². The molecular formula is C5H8N2O. The molecule has 1 rings (SSSR count). The predicted molar refractivity (Wildman–Crippen MR) is 31.1 cm³/mol. The SMILES string of the molecule is CCC1=NNC=CO1. The van der Waals surface area contributed by atoms with Crippen molar-refractivity contribution in [2.24, 2.45) is 5.10 Å². The van der Waals surface area contributed by atoms with E-state index in [-0.39, 0.29) is 0 Å². The molecule has 0 aromatic heterocycles. The number of nitrogens with one attached hydrogen (secondary N) is 1. The van der Waals surface area contributed by atoms with Gasteiger partial charge in [0.25, 0.3) is 0 Å². The second-order valence-corrected chi connectivity index (χ2v) is 1.41. The van der Waals surface area contributed by atoms with E-state index < -0.39 is 0 Å². The van der Waals surface area contributed by atoms with Crippen LogP contribution in [-0.4, -0.2) is 5.90 Å². The molecule has 0 unspecified atom stereocenters. The molecule has 0 amide bonds.